The van der Waals surface area contributed by atoms with Crippen LogP contribution < -0.4 is 0 Å². The molecule has 0 saturated heterocycles. The fraction of sp³-hybridized carbons (Fsp3) is 0.500. The average molecular weight is 258 g/mol. The first-order valence-electron chi connectivity index (χ1n) is 5.55. The van der Waals surface area contributed by atoms with Crippen molar-refractivity contribution in [2.75, 3.05) is 6.61 Å². The summed E-state index contributed by atoms with van der Waals surface area (Å²) in [5.74, 6) is -0.453. The van der Waals surface area contributed by atoms with Gasteiger partial charge >= 0.3 is 0 Å². The number of hydrogen-bond acceptors (Lipinski definition) is 3. The van der Waals surface area contributed by atoms with Crippen molar-refractivity contribution in [2.45, 2.75) is 29.9 Å². The van der Waals surface area contributed by atoms with Crippen LogP contribution in [0.1, 0.15) is 18.4 Å². The van der Waals surface area contributed by atoms with E-state index in [0.717, 1.165) is 6.07 Å². The van der Waals surface area contributed by atoms with Gasteiger partial charge in [-0.05, 0) is 49.4 Å². The van der Waals surface area contributed by atoms with Crippen LogP contribution in [0.5, 0.6) is 0 Å². The highest BCUT2D eigenvalue weighted by Gasteiger charge is 2.39. The summed E-state index contributed by atoms with van der Waals surface area (Å²) in [6, 6.07) is 3.86. The Morgan fingerprint density at radius 3 is 2.53 bits per heavy atom. The van der Waals surface area contributed by atoms with Crippen molar-refractivity contribution in [3.05, 3.63) is 29.6 Å². The largest absolute Gasteiger partial charge is 0.396 e. The van der Waals surface area contributed by atoms with Gasteiger partial charge in [-0.1, -0.05) is 0 Å². The van der Waals surface area contributed by atoms with Crippen molar-refractivity contribution in [2.24, 2.45) is 5.92 Å². The quantitative estimate of drug-likeness (QED) is 0.897. The van der Waals surface area contributed by atoms with Crippen LogP contribution in [-0.2, 0) is 9.84 Å². The lowest BCUT2D eigenvalue weighted by atomic mass is 9.86. The van der Waals surface area contributed by atoms with Crippen LogP contribution in [0.3, 0.4) is 0 Å². The Bertz CT molecular complexity index is 498. The number of aliphatic hydroxyl groups is 1. The third-order valence-corrected chi connectivity index (χ3v) is 5.39. The molecule has 0 bridgehead atoms. The zero-order valence-corrected chi connectivity index (χ0v) is 10.4. The number of sulfone groups is 1. The van der Waals surface area contributed by atoms with Gasteiger partial charge in [0.05, 0.1) is 10.1 Å². The molecule has 3 nitrogen and oxygen atoms in total. The van der Waals surface area contributed by atoms with Crippen LogP contribution in [0.2, 0.25) is 0 Å². The predicted molar refractivity (Wildman–Crippen MR) is 61.9 cm³/mol. The van der Waals surface area contributed by atoms with E-state index in [4.69, 9.17) is 5.11 Å². The van der Waals surface area contributed by atoms with Crippen LogP contribution in [0.4, 0.5) is 4.39 Å². The molecule has 2 rings (SSSR count). The Kier molecular flexibility index (Phi) is 3.23. The molecule has 1 fully saturated rings. The van der Waals surface area contributed by atoms with E-state index >= 15 is 0 Å². The first kappa shape index (κ1) is 12.5. The van der Waals surface area contributed by atoms with E-state index in [9.17, 15) is 12.8 Å². The molecule has 0 heterocycles. The Balaban J connectivity index is 2.27. The molecule has 17 heavy (non-hydrogen) atoms. The smallest absolute Gasteiger partial charge is 0.181 e. The van der Waals surface area contributed by atoms with Gasteiger partial charge in [0.1, 0.15) is 5.82 Å². The summed E-state index contributed by atoms with van der Waals surface area (Å²) in [5, 5.41) is 8.40. The molecule has 0 spiro atoms. The highest BCUT2D eigenvalue weighted by atomic mass is 32.2. The van der Waals surface area contributed by atoms with Gasteiger partial charge in [-0.3, -0.25) is 0 Å². The van der Waals surface area contributed by atoms with E-state index in [0.29, 0.717) is 18.4 Å². The normalized spacial score (nSPS) is 24.4. The molecule has 1 aliphatic rings. The van der Waals surface area contributed by atoms with Crippen molar-refractivity contribution in [3.63, 3.8) is 0 Å². The van der Waals surface area contributed by atoms with Gasteiger partial charge < -0.3 is 5.11 Å². The molecular weight excluding hydrogens is 243 g/mol. The van der Waals surface area contributed by atoms with E-state index in [1.165, 1.54) is 12.1 Å². The summed E-state index contributed by atoms with van der Waals surface area (Å²) < 4.78 is 37.4. The van der Waals surface area contributed by atoms with E-state index in [-0.39, 0.29) is 17.4 Å². The monoisotopic (exact) mass is 258 g/mol. The summed E-state index contributed by atoms with van der Waals surface area (Å²) in [6.45, 7) is 1.69. The van der Waals surface area contributed by atoms with E-state index in [1.54, 1.807) is 6.92 Å². The average Bonchev–Trinajstić information content (AvgIpc) is 2.13. The van der Waals surface area contributed by atoms with E-state index in [2.05, 4.69) is 0 Å². The van der Waals surface area contributed by atoms with Crippen LogP contribution >= 0.6 is 0 Å². The van der Waals surface area contributed by atoms with Gasteiger partial charge in [-0.2, -0.15) is 0 Å². The fourth-order valence-electron chi connectivity index (χ4n) is 2.14. The van der Waals surface area contributed by atoms with Crippen molar-refractivity contribution in [3.8, 4) is 0 Å². The minimum atomic E-state index is -3.44. The maximum absolute atomic E-state index is 13.2. The minimum absolute atomic E-state index is 0.0220. The van der Waals surface area contributed by atoms with Crippen LogP contribution in [0.15, 0.2) is 23.1 Å². The van der Waals surface area contributed by atoms with Crippen molar-refractivity contribution in [1.29, 1.82) is 0 Å². The third-order valence-electron chi connectivity index (χ3n) is 3.23. The molecule has 0 aliphatic heterocycles. The predicted octanol–water partition coefficient (Wildman–Crippen LogP) is 1.68. The second kappa shape index (κ2) is 4.38. The zero-order valence-electron chi connectivity index (χ0n) is 9.56. The highest BCUT2D eigenvalue weighted by molar-refractivity contribution is 7.92. The zero-order chi connectivity index (χ0) is 12.6. The maximum atomic E-state index is 13.2. The lowest BCUT2D eigenvalue weighted by Gasteiger charge is -2.33. The van der Waals surface area contributed by atoms with Gasteiger partial charge in [0.2, 0.25) is 0 Å². The molecule has 1 aromatic carbocycles. The first-order chi connectivity index (χ1) is 7.93. The van der Waals surface area contributed by atoms with Gasteiger partial charge in [0.25, 0.3) is 0 Å². The molecule has 1 aromatic rings. The summed E-state index contributed by atoms with van der Waals surface area (Å²) >= 11 is 0. The fourth-order valence-corrected chi connectivity index (χ4v) is 4.20. The lowest BCUT2D eigenvalue weighted by molar-refractivity contribution is 0.165. The molecule has 0 aromatic heterocycles. The number of benzene rings is 1. The molecule has 0 radical (unpaired) electrons. The Morgan fingerprint density at radius 1 is 1.35 bits per heavy atom. The molecular formula is C12H15FO3S. The van der Waals surface area contributed by atoms with Crippen LogP contribution in [0.25, 0.3) is 0 Å². The first-order valence-corrected chi connectivity index (χ1v) is 7.10. The highest BCUT2D eigenvalue weighted by Crippen LogP contribution is 2.36. The summed E-state index contributed by atoms with van der Waals surface area (Å²) in [4.78, 5) is 0.0522. The number of aryl methyl sites for hydroxylation is 1. The van der Waals surface area contributed by atoms with Crippen LogP contribution in [-0.4, -0.2) is 25.4 Å². The molecule has 94 valence electrons. The Morgan fingerprint density at radius 2 is 2.00 bits per heavy atom. The van der Waals surface area contributed by atoms with Gasteiger partial charge in [-0.15, -0.1) is 0 Å². The Labute approximate surface area is 100 Å². The molecule has 1 saturated carbocycles. The molecule has 0 amide bonds. The molecule has 0 unspecified atom stereocenters. The molecule has 1 N–H and O–H groups in total. The van der Waals surface area contributed by atoms with Gasteiger partial charge in [0.15, 0.2) is 9.84 Å². The van der Waals surface area contributed by atoms with Crippen LogP contribution in [0, 0.1) is 18.7 Å². The maximum Gasteiger partial charge on any atom is 0.181 e. The summed E-state index contributed by atoms with van der Waals surface area (Å²) in [6.07, 6.45) is 0.933. The number of rotatable bonds is 3. The second-order valence-corrected chi connectivity index (χ2v) is 6.88. The molecule has 5 heteroatoms. The standard InChI is InChI=1S/C12H15FO3S/c1-8-2-10(13)6-11(3-8)17(15,16)12-4-9(5-12)7-14/h2-3,6,9,12,14H,4-5,7H2,1H3/t9-,12-. The van der Waals surface area contributed by atoms with Gasteiger partial charge in [0, 0.05) is 6.61 Å². The minimum Gasteiger partial charge on any atom is -0.396 e. The lowest BCUT2D eigenvalue weighted by Crippen LogP contribution is -2.37. The second-order valence-electron chi connectivity index (χ2n) is 4.65. The summed E-state index contributed by atoms with van der Waals surface area (Å²) in [7, 11) is -3.44. The molecule has 1 aliphatic carbocycles. The molecule has 0 atom stereocenters. The number of hydrogen-bond donors (Lipinski definition) is 1. The van der Waals surface area contributed by atoms with E-state index in [1.807, 2.05) is 0 Å². The van der Waals surface area contributed by atoms with Gasteiger partial charge in [-0.25, -0.2) is 12.8 Å². The van der Waals surface area contributed by atoms with E-state index < -0.39 is 20.9 Å². The number of aliphatic hydroxyl groups excluding tert-OH is 1. The van der Waals surface area contributed by atoms with Crippen molar-refractivity contribution in [1.82, 2.24) is 0 Å². The summed E-state index contributed by atoms with van der Waals surface area (Å²) in [5.41, 5.74) is 0.599. The third kappa shape index (κ3) is 2.35. The van der Waals surface area contributed by atoms with Crippen molar-refractivity contribution < 1.29 is 17.9 Å². The SMILES string of the molecule is Cc1cc(F)cc(S(=O)(=O)[C@H]2C[C@H](CO)C2)c1. The Hall–Kier alpha value is -0.940. The topological polar surface area (TPSA) is 54.4 Å². The number of halogens is 1. The van der Waals surface area contributed by atoms with Crippen molar-refractivity contribution >= 4 is 9.84 Å².